The summed E-state index contributed by atoms with van der Waals surface area (Å²) in [5.41, 5.74) is 3.28. The molecule has 1 aliphatic heterocycles. The summed E-state index contributed by atoms with van der Waals surface area (Å²) < 4.78 is 22.4. The van der Waals surface area contributed by atoms with E-state index >= 15 is 0 Å². The van der Waals surface area contributed by atoms with Crippen molar-refractivity contribution in [1.29, 1.82) is 0 Å². The molecular weight excluding hydrogens is 260 g/mol. The number of hydrazone groups is 1. The van der Waals surface area contributed by atoms with E-state index in [0.717, 1.165) is 5.56 Å². The molecule has 5 nitrogen and oxygen atoms in total. The molecule has 2 heterocycles. The number of rotatable bonds is 3. The first kappa shape index (κ1) is 12.3. The van der Waals surface area contributed by atoms with Gasteiger partial charge in [-0.05, 0) is 23.2 Å². The zero-order valence-corrected chi connectivity index (χ0v) is 10.6. The lowest BCUT2D eigenvalue weighted by molar-refractivity contribution is -0.124. The Morgan fingerprint density at radius 2 is 2.41 bits per heavy atom. The number of nitrogens with one attached hydrogen (secondary N) is 1. The molecule has 0 bridgehead atoms. The van der Waals surface area contributed by atoms with E-state index in [1.807, 2.05) is 16.8 Å². The van der Waals surface area contributed by atoms with Crippen molar-refractivity contribution in [3.05, 3.63) is 22.4 Å². The number of hydrogen-bond donors (Lipinski definition) is 1. The van der Waals surface area contributed by atoms with E-state index in [9.17, 15) is 13.2 Å². The van der Waals surface area contributed by atoms with Gasteiger partial charge in [0.05, 0.1) is 23.6 Å². The number of carbonyl (C=O) groups excluding carboxylic acids is 1. The summed E-state index contributed by atoms with van der Waals surface area (Å²) >= 11 is 1.54. The summed E-state index contributed by atoms with van der Waals surface area (Å²) in [5, 5.41) is 7.60. The highest BCUT2D eigenvalue weighted by Gasteiger charge is 2.32. The van der Waals surface area contributed by atoms with Crippen LogP contribution in [-0.4, -0.2) is 32.0 Å². The van der Waals surface area contributed by atoms with Crippen molar-refractivity contribution >= 4 is 33.3 Å². The average molecular weight is 272 g/mol. The molecule has 1 aliphatic rings. The molecule has 2 rings (SSSR count). The minimum Gasteiger partial charge on any atom is -0.273 e. The lowest BCUT2D eigenvalue weighted by atomic mass is 10.1. The number of carbonyl (C=O) groups is 1. The number of hydrogen-bond acceptors (Lipinski definition) is 5. The van der Waals surface area contributed by atoms with Crippen LogP contribution in [0.1, 0.15) is 12.0 Å². The lowest BCUT2D eigenvalue weighted by Crippen LogP contribution is -2.27. The first-order chi connectivity index (χ1) is 8.07. The number of thiophene rings is 1. The first-order valence-corrected chi connectivity index (χ1v) is 7.89. The van der Waals surface area contributed by atoms with Crippen molar-refractivity contribution in [3.63, 3.8) is 0 Å². The SMILES string of the molecule is O=C(N/N=C\c1ccsc1)[C@H]1CCS(=O)(=O)C1. The number of nitrogens with zero attached hydrogens (tertiary/aromatic N) is 1. The van der Waals surface area contributed by atoms with Gasteiger partial charge in [0.1, 0.15) is 0 Å². The summed E-state index contributed by atoms with van der Waals surface area (Å²) in [6.45, 7) is 0. The zero-order valence-electron chi connectivity index (χ0n) is 9.00. The molecule has 1 fully saturated rings. The Kier molecular flexibility index (Phi) is 3.58. The van der Waals surface area contributed by atoms with E-state index < -0.39 is 15.8 Å². The van der Waals surface area contributed by atoms with Gasteiger partial charge in [-0.15, -0.1) is 0 Å². The van der Waals surface area contributed by atoms with E-state index in [1.54, 1.807) is 11.3 Å². The van der Waals surface area contributed by atoms with Gasteiger partial charge in [-0.2, -0.15) is 16.4 Å². The molecule has 0 spiro atoms. The maximum Gasteiger partial charge on any atom is 0.244 e. The Labute approximate surface area is 103 Å². The number of amides is 1. The quantitative estimate of drug-likeness (QED) is 0.648. The van der Waals surface area contributed by atoms with Crippen molar-refractivity contribution in [2.24, 2.45) is 11.0 Å². The molecule has 1 atom stereocenters. The molecule has 1 N–H and O–H groups in total. The standard InChI is InChI=1S/C10H12N2O3S2/c13-10(9-2-4-17(14,15)7-9)12-11-5-8-1-3-16-6-8/h1,3,5-6,9H,2,4,7H2,(H,12,13)/b11-5-/t9-/m0/s1. The van der Waals surface area contributed by atoms with Crippen LogP contribution < -0.4 is 5.43 Å². The first-order valence-electron chi connectivity index (χ1n) is 5.12. The van der Waals surface area contributed by atoms with Crippen LogP contribution in [0.4, 0.5) is 0 Å². The number of sulfone groups is 1. The molecule has 0 unspecified atom stereocenters. The smallest absolute Gasteiger partial charge is 0.244 e. The van der Waals surface area contributed by atoms with Gasteiger partial charge < -0.3 is 0 Å². The van der Waals surface area contributed by atoms with Crippen LogP contribution >= 0.6 is 11.3 Å². The fraction of sp³-hybridized carbons (Fsp3) is 0.400. The van der Waals surface area contributed by atoms with Gasteiger partial charge in [-0.1, -0.05) is 0 Å². The third-order valence-electron chi connectivity index (χ3n) is 2.53. The second kappa shape index (κ2) is 4.97. The minimum absolute atomic E-state index is 0.0627. The van der Waals surface area contributed by atoms with Crippen molar-refractivity contribution in [1.82, 2.24) is 5.43 Å². The third-order valence-corrected chi connectivity index (χ3v) is 5.00. The van der Waals surface area contributed by atoms with Crippen LogP contribution in [0.2, 0.25) is 0 Å². The van der Waals surface area contributed by atoms with Gasteiger partial charge in [0.15, 0.2) is 9.84 Å². The fourth-order valence-corrected chi connectivity index (χ4v) is 3.96. The Balaban J connectivity index is 1.86. The molecule has 0 radical (unpaired) electrons. The second-order valence-corrected chi connectivity index (χ2v) is 6.90. The van der Waals surface area contributed by atoms with Crippen LogP contribution in [0.25, 0.3) is 0 Å². The van der Waals surface area contributed by atoms with Gasteiger partial charge in [0.25, 0.3) is 0 Å². The van der Waals surface area contributed by atoms with Crippen LogP contribution in [0, 0.1) is 5.92 Å². The monoisotopic (exact) mass is 272 g/mol. The maximum atomic E-state index is 11.6. The molecule has 7 heteroatoms. The Hall–Kier alpha value is -1.21. The minimum atomic E-state index is -3.02. The van der Waals surface area contributed by atoms with E-state index in [0.29, 0.717) is 6.42 Å². The van der Waals surface area contributed by atoms with Crippen molar-refractivity contribution in [2.45, 2.75) is 6.42 Å². The summed E-state index contributed by atoms with van der Waals surface area (Å²) in [4.78, 5) is 11.6. The summed E-state index contributed by atoms with van der Waals surface area (Å²) in [7, 11) is -3.02. The highest BCUT2D eigenvalue weighted by molar-refractivity contribution is 7.91. The van der Waals surface area contributed by atoms with Crippen LogP contribution in [0.15, 0.2) is 21.9 Å². The molecule has 92 valence electrons. The zero-order chi connectivity index (χ0) is 12.3. The molecule has 0 aliphatic carbocycles. The van der Waals surface area contributed by atoms with Crippen LogP contribution in [0.3, 0.4) is 0 Å². The second-order valence-electron chi connectivity index (χ2n) is 3.89. The van der Waals surface area contributed by atoms with Crippen molar-refractivity contribution in [2.75, 3.05) is 11.5 Å². The van der Waals surface area contributed by atoms with E-state index in [2.05, 4.69) is 10.5 Å². The topological polar surface area (TPSA) is 75.6 Å². The van der Waals surface area contributed by atoms with E-state index in [-0.39, 0.29) is 17.4 Å². The highest BCUT2D eigenvalue weighted by Crippen LogP contribution is 2.18. The van der Waals surface area contributed by atoms with Gasteiger partial charge in [-0.25, -0.2) is 13.8 Å². The van der Waals surface area contributed by atoms with Crippen LogP contribution in [-0.2, 0) is 14.6 Å². The molecule has 1 amide bonds. The molecule has 0 aromatic carbocycles. The van der Waals surface area contributed by atoms with Crippen molar-refractivity contribution in [3.8, 4) is 0 Å². The molecule has 1 saturated heterocycles. The summed E-state index contributed by atoms with van der Waals surface area (Å²) in [5.74, 6) is -0.747. The summed E-state index contributed by atoms with van der Waals surface area (Å²) in [6, 6.07) is 1.88. The molecule has 0 saturated carbocycles. The largest absolute Gasteiger partial charge is 0.273 e. The molecular formula is C10H12N2O3S2. The van der Waals surface area contributed by atoms with E-state index in [1.165, 1.54) is 6.21 Å². The Morgan fingerprint density at radius 1 is 1.59 bits per heavy atom. The maximum absolute atomic E-state index is 11.6. The summed E-state index contributed by atoms with van der Waals surface area (Å²) in [6.07, 6.45) is 1.93. The van der Waals surface area contributed by atoms with E-state index in [4.69, 9.17) is 0 Å². The highest BCUT2D eigenvalue weighted by atomic mass is 32.2. The average Bonchev–Trinajstić information content (AvgIpc) is 2.87. The molecule has 1 aromatic rings. The normalized spacial score (nSPS) is 22.9. The fourth-order valence-electron chi connectivity index (χ4n) is 1.61. The van der Waals surface area contributed by atoms with Crippen molar-refractivity contribution < 1.29 is 13.2 Å². The molecule has 1 aromatic heterocycles. The van der Waals surface area contributed by atoms with Gasteiger partial charge in [0.2, 0.25) is 5.91 Å². The predicted octanol–water partition coefficient (Wildman–Crippen LogP) is 0.633. The third kappa shape index (κ3) is 3.37. The predicted molar refractivity (Wildman–Crippen MR) is 66.8 cm³/mol. The molecule has 17 heavy (non-hydrogen) atoms. The Morgan fingerprint density at radius 3 is 3.00 bits per heavy atom. The van der Waals surface area contributed by atoms with Gasteiger partial charge in [0, 0.05) is 5.56 Å². The lowest BCUT2D eigenvalue weighted by Gasteiger charge is -2.04. The Bertz CT molecular complexity index is 520. The van der Waals surface area contributed by atoms with Gasteiger partial charge in [-0.3, -0.25) is 4.79 Å². The van der Waals surface area contributed by atoms with Crippen LogP contribution in [0.5, 0.6) is 0 Å². The van der Waals surface area contributed by atoms with Gasteiger partial charge >= 0.3 is 0 Å².